The van der Waals surface area contributed by atoms with Gasteiger partial charge in [-0.2, -0.15) is 0 Å². The molecule has 78 valence electrons. The van der Waals surface area contributed by atoms with Gasteiger partial charge in [0.1, 0.15) is 11.0 Å². The van der Waals surface area contributed by atoms with Crippen LogP contribution in [0.4, 0.5) is 4.39 Å². The number of benzene rings is 1. The molecule has 2 rings (SSSR count). The molecule has 5 heteroatoms. The van der Waals surface area contributed by atoms with Crippen molar-refractivity contribution in [3.05, 3.63) is 34.7 Å². The van der Waals surface area contributed by atoms with Gasteiger partial charge in [0.2, 0.25) is 0 Å². The van der Waals surface area contributed by atoms with Crippen LogP contribution in [0.5, 0.6) is 0 Å². The van der Waals surface area contributed by atoms with E-state index in [2.05, 4.69) is 4.98 Å². The van der Waals surface area contributed by atoms with Crippen LogP contribution in [0.15, 0.2) is 18.2 Å². The van der Waals surface area contributed by atoms with Crippen molar-refractivity contribution in [3.63, 3.8) is 0 Å². The van der Waals surface area contributed by atoms with E-state index in [1.54, 1.807) is 6.07 Å². The third-order valence-corrected chi connectivity index (χ3v) is 2.48. The Morgan fingerprint density at radius 3 is 2.93 bits per heavy atom. The lowest BCUT2D eigenvalue weighted by Crippen LogP contribution is -2.00. The maximum absolute atomic E-state index is 13.4. The maximum Gasteiger partial charge on any atom is 0.307 e. The second-order valence-electron chi connectivity index (χ2n) is 3.15. The molecule has 0 atom stereocenters. The molecule has 0 spiro atoms. The molecule has 0 amide bonds. The molecule has 0 radical (unpaired) electrons. The van der Waals surface area contributed by atoms with Crippen LogP contribution in [0.2, 0.25) is 5.15 Å². The Bertz CT molecular complexity index is 535. The first-order valence-electron chi connectivity index (χ1n) is 4.26. The van der Waals surface area contributed by atoms with Gasteiger partial charge in [-0.05, 0) is 12.1 Å². The summed E-state index contributed by atoms with van der Waals surface area (Å²) in [5, 5.41) is 9.10. The minimum absolute atomic E-state index is 0.178. The Balaban J connectivity index is 2.71. The number of rotatable bonds is 2. The van der Waals surface area contributed by atoms with E-state index in [4.69, 9.17) is 16.7 Å². The lowest BCUT2D eigenvalue weighted by Gasteiger charge is -1.96. The molecule has 0 fully saturated rings. The van der Waals surface area contributed by atoms with E-state index in [1.807, 2.05) is 0 Å². The monoisotopic (exact) mass is 227 g/mol. The summed E-state index contributed by atoms with van der Waals surface area (Å²) in [6.07, 6.45) is -0.292. The molecule has 0 aliphatic heterocycles. The number of hydrogen-bond donors (Lipinski definition) is 2. The number of halogens is 2. The predicted octanol–water partition coefficient (Wildman–Crippen LogP) is 2.59. The van der Waals surface area contributed by atoms with Gasteiger partial charge in [-0.3, -0.25) is 4.79 Å². The Hall–Kier alpha value is -1.55. The number of nitrogens with one attached hydrogen (secondary N) is 1. The average molecular weight is 228 g/mol. The smallest absolute Gasteiger partial charge is 0.307 e. The lowest BCUT2D eigenvalue weighted by atomic mass is 10.1. The minimum Gasteiger partial charge on any atom is -0.481 e. The number of carboxylic acid groups (broad SMARTS) is 1. The molecule has 0 aliphatic carbocycles. The van der Waals surface area contributed by atoms with Crippen LogP contribution >= 0.6 is 11.6 Å². The van der Waals surface area contributed by atoms with Crippen molar-refractivity contribution in [1.29, 1.82) is 0 Å². The number of carbonyl (C=O) groups is 1. The Kier molecular flexibility index (Phi) is 2.36. The van der Waals surface area contributed by atoms with Gasteiger partial charge in [-0.1, -0.05) is 17.7 Å². The summed E-state index contributed by atoms with van der Waals surface area (Å²) in [4.78, 5) is 13.3. The van der Waals surface area contributed by atoms with E-state index in [-0.39, 0.29) is 22.5 Å². The highest BCUT2D eigenvalue weighted by molar-refractivity contribution is 6.32. The van der Waals surface area contributed by atoms with Crippen molar-refractivity contribution < 1.29 is 14.3 Å². The minimum atomic E-state index is -1.04. The number of hydrogen-bond acceptors (Lipinski definition) is 1. The normalized spacial score (nSPS) is 10.8. The summed E-state index contributed by atoms with van der Waals surface area (Å²) >= 11 is 5.80. The number of aromatic nitrogens is 1. The van der Waals surface area contributed by atoms with Crippen LogP contribution in [0.1, 0.15) is 5.56 Å². The van der Waals surface area contributed by atoms with Crippen molar-refractivity contribution in [1.82, 2.24) is 4.98 Å². The molecule has 2 aromatic rings. The van der Waals surface area contributed by atoms with Gasteiger partial charge in [0.25, 0.3) is 0 Å². The van der Waals surface area contributed by atoms with E-state index < -0.39 is 11.8 Å². The van der Waals surface area contributed by atoms with Crippen LogP contribution < -0.4 is 0 Å². The van der Waals surface area contributed by atoms with Crippen LogP contribution in [0.3, 0.4) is 0 Å². The standard InChI is InChI=1S/C10H7ClFNO2/c11-10-5(4-8(14)15)9-6(12)2-1-3-7(9)13-10/h1-3,13H,4H2,(H,14,15). The zero-order chi connectivity index (χ0) is 11.0. The van der Waals surface area contributed by atoms with E-state index >= 15 is 0 Å². The summed E-state index contributed by atoms with van der Waals surface area (Å²) in [6, 6.07) is 4.46. The molecule has 0 saturated heterocycles. The van der Waals surface area contributed by atoms with Gasteiger partial charge in [-0.25, -0.2) is 4.39 Å². The van der Waals surface area contributed by atoms with Gasteiger partial charge in [0.05, 0.1) is 6.42 Å². The first-order valence-corrected chi connectivity index (χ1v) is 4.63. The lowest BCUT2D eigenvalue weighted by molar-refractivity contribution is -0.136. The fraction of sp³-hybridized carbons (Fsp3) is 0.100. The van der Waals surface area contributed by atoms with Crippen molar-refractivity contribution in [3.8, 4) is 0 Å². The molecule has 1 aromatic carbocycles. The van der Waals surface area contributed by atoms with Gasteiger partial charge < -0.3 is 10.1 Å². The second kappa shape index (κ2) is 3.55. The molecule has 1 heterocycles. The second-order valence-corrected chi connectivity index (χ2v) is 3.53. The Morgan fingerprint density at radius 2 is 2.27 bits per heavy atom. The molecule has 1 aromatic heterocycles. The third-order valence-electron chi connectivity index (χ3n) is 2.15. The molecule has 15 heavy (non-hydrogen) atoms. The highest BCUT2D eigenvalue weighted by atomic mass is 35.5. The summed E-state index contributed by atoms with van der Waals surface area (Å²) in [7, 11) is 0. The number of fused-ring (bicyclic) bond motifs is 1. The van der Waals surface area contributed by atoms with Crippen LogP contribution in [-0.2, 0) is 11.2 Å². The average Bonchev–Trinajstić information content (AvgIpc) is 2.43. The highest BCUT2D eigenvalue weighted by Crippen LogP contribution is 2.28. The predicted molar refractivity (Wildman–Crippen MR) is 54.6 cm³/mol. The zero-order valence-electron chi connectivity index (χ0n) is 7.55. The number of carboxylic acids is 1. The van der Waals surface area contributed by atoms with Crippen LogP contribution in [0, 0.1) is 5.82 Å². The largest absolute Gasteiger partial charge is 0.481 e. The fourth-order valence-electron chi connectivity index (χ4n) is 1.56. The first kappa shape index (κ1) is 9.98. The maximum atomic E-state index is 13.4. The SMILES string of the molecule is O=C(O)Cc1c(Cl)[nH]c2cccc(F)c12. The third kappa shape index (κ3) is 1.68. The zero-order valence-corrected chi connectivity index (χ0v) is 8.31. The topological polar surface area (TPSA) is 53.1 Å². The number of aliphatic carboxylic acids is 1. The molecular formula is C10H7ClFNO2. The fourth-order valence-corrected chi connectivity index (χ4v) is 1.82. The summed E-state index contributed by atoms with van der Waals surface area (Å²) in [5.74, 6) is -1.51. The van der Waals surface area contributed by atoms with Crippen molar-refractivity contribution in [2.75, 3.05) is 0 Å². The Labute approximate surface area is 89.5 Å². The first-order chi connectivity index (χ1) is 7.09. The van der Waals surface area contributed by atoms with Gasteiger partial charge in [-0.15, -0.1) is 0 Å². The quantitative estimate of drug-likeness (QED) is 0.829. The molecule has 3 nitrogen and oxygen atoms in total. The molecular weight excluding hydrogens is 221 g/mol. The van der Waals surface area contributed by atoms with Crippen molar-refractivity contribution in [2.24, 2.45) is 0 Å². The molecule has 0 saturated carbocycles. The van der Waals surface area contributed by atoms with E-state index in [9.17, 15) is 9.18 Å². The Morgan fingerprint density at radius 1 is 1.53 bits per heavy atom. The van der Waals surface area contributed by atoms with Gasteiger partial charge in [0, 0.05) is 16.5 Å². The molecule has 2 N–H and O–H groups in total. The van der Waals surface area contributed by atoms with Gasteiger partial charge >= 0.3 is 5.97 Å². The summed E-state index contributed by atoms with van der Waals surface area (Å²) in [5.41, 5.74) is 0.800. The van der Waals surface area contributed by atoms with Gasteiger partial charge in [0.15, 0.2) is 0 Å². The molecule has 0 aliphatic rings. The summed E-state index contributed by atoms with van der Waals surface area (Å²) < 4.78 is 13.4. The molecule has 0 unspecified atom stereocenters. The van der Waals surface area contributed by atoms with E-state index in [0.29, 0.717) is 5.52 Å². The number of aromatic amines is 1. The molecule has 0 bridgehead atoms. The van der Waals surface area contributed by atoms with Crippen molar-refractivity contribution >= 4 is 28.5 Å². The van der Waals surface area contributed by atoms with E-state index in [0.717, 1.165) is 0 Å². The highest BCUT2D eigenvalue weighted by Gasteiger charge is 2.15. The summed E-state index contributed by atoms with van der Waals surface area (Å²) in [6.45, 7) is 0. The van der Waals surface area contributed by atoms with E-state index in [1.165, 1.54) is 12.1 Å². The number of H-pyrrole nitrogens is 1. The van der Waals surface area contributed by atoms with Crippen LogP contribution in [-0.4, -0.2) is 16.1 Å². The van der Waals surface area contributed by atoms with Crippen LogP contribution in [0.25, 0.3) is 10.9 Å². The van der Waals surface area contributed by atoms with Crippen molar-refractivity contribution in [2.45, 2.75) is 6.42 Å².